The van der Waals surface area contributed by atoms with Crippen LogP contribution in [0.4, 0.5) is 0 Å². The molecule has 2 aromatic heterocycles. The maximum Gasteiger partial charge on any atom is 0.273 e. The van der Waals surface area contributed by atoms with E-state index in [-0.39, 0.29) is 23.5 Å². The molecule has 0 bridgehead atoms. The van der Waals surface area contributed by atoms with E-state index in [9.17, 15) is 9.90 Å². The number of rotatable bonds is 4. The number of hydrogen-bond donors (Lipinski definition) is 2. The molecule has 130 valence electrons. The van der Waals surface area contributed by atoms with E-state index < -0.39 is 0 Å². The monoisotopic (exact) mass is 359 g/mol. The predicted molar refractivity (Wildman–Crippen MR) is 94.9 cm³/mol. The van der Waals surface area contributed by atoms with Gasteiger partial charge < -0.3 is 19.5 Å². The smallest absolute Gasteiger partial charge is 0.273 e. The Kier molecular flexibility index (Phi) is 3.72. The zero-order valence-corrected chi connectivity index (χ0v) is 14.7. The number of fused-ring (bicyclic) bond motifs is 1. The maximum atomic E-state index is 11.6. The summed E-state index contributed by atoms with van der Waals surface area (Å²) in [5.41, 5.74) is 0.910. The number of benzene rings is 1. The molecule has 6 nitrogen and oxygen atoms in total. The first-order valence-electron chi connectivity index (χ1n) is 8.21. The molecule has 1 fully saturated rings. The van der Waals surface area contributed by atoms with Crippen molar-refractivity contribution < 1.29 is 14.4 Å². The molecular weight excluding hydrogens is 342 g/mol. The second kappa shape index (κ2) is 5.81. The first kappa shape index (κ1) is 16.0. The van der Waals surface area contributed by atoms with Crippen LogP contribution in [0.2, 0.25) is 5.02 Å². The Balaban J connectivity index is 1.79. The molecule has 25 heavy (non-hydrogen) atoms. The minimum absolute atomic E-state index is 0.189. The molecule has 0 unspecified atom stereocenters. The topological polar surface area (TPSA) is 80.3 Å². The normalized spacial score (nSPS) is 15.5. The fourth-order valence-corrected chi connectivity index (χ4v) is 3.52. The summed E-state index contributed by atoms with van der Waals surface area (Å²) in [6, 6.07) is 5.40. The first-order valence-corrected chi connectivity index (χ1v) is 8.59. The van der Waals surface area contributed by atoms with Gasteiger partial charge in [0.15, 0.2) is 11.5 Å². The number of aromatic hydroxyl groups is 1. The molecular formula is C18H18ClN3O3. The van der Waals surface area contributed by atoms with Crippen LogP contribution >= 0.6 is 11.6 Å². The molecule has 2 heterocycles. The number of halogens is 1. The number of amides is 1. The van der Waals surface area contributed by atoms with Crippen LogP contribution in [0.15, 0.2) is 28.9 Å². The van der Waals surface area contributed by atoms with Gasteiger partial charge in [0.2, 0.25) is 5.88 Å². The van der Waals surface area contributed by atoms with Crippen molar-refractivity contribution in [2.45, 2.75) is 25.8 Å². The zero-order chi connectivity index (χ0) is 17.7. The van der Waals surface area contributed by atoms with Crippen molar-refractivity contribution >= 4 is 28.3 Å². The Morgan fingerprint density at radius 1 is 1.44 bits per heavy atom. The zero-order valence-electron chi connectivity index (χ0n) is 13.9. The summed E-state index contributed by atoms with van der Waals surface area (Å²) >= 11 is 6.41. The highest BCUT2D eigenvalue weighted by molar-refractivity contribution is 6.36. The quantitative estimate of drug-likeness (QED) is 0.738. The van der Waals surface area contributed by atoms with E-state index in [1.807, 2.05) is 16.8 Å². The van der Waals surface area contributed by atoms with Gasteiger partial charge in [-0.15, -0.1) is 0 Å². The molecule has 1 aliphatic rings. The maximum absolute atomic E-state index is 11.6. The second-order valence-corrected chi connectivity index (χ2v) is 6.92. The van der Waals surface area contributed by atoms with E-state index in [4.69, 9.17) is 16.1 Å². The van der Waals surface area contributed by atoms with Crippen molar-refractivity contribution in [3.63, 3.8) is 0 Å². The minimum Gasteiger partial charge on any atom is -0.494 e. The van der Waals surface area contributed by atoms with Crippen LogP contribution in [-0.4, -0.2) is 27.8 Å². The molecule has 3 aromatic rings. The van der Waals surface area contributed by atoms with Gasteiger partial charge in [0, 0.05) is 36.3 Å². The highest BCUT2D eigenvalue weighted by atomic mass is 35.5. The van der Waals surface area contributed by atoms with Crippen LogP contribution < -0.4 is 5.32 Å². The van der Waals surface area contributed by atoms with Gasteiger partial charge in [-0.3, -0.25) is 4.79 Å². The number of hydrogen-bond acceptors (Lipinski definition) is 4. The second-order valence-electron chi connectivity index (χ2n) is 6.52. The van der Waals surface area contributed by atoms with Gasteiger partial charge >= 0.3 is 0 Å². The number of carbonyl (C=O) groups is 1. The van der Waals surface area contributed by atoms with E-state index in [2.05, 4.69) is 17.4 Å². The molecule has 1 aromatic carbocycles. The van der Waals surface area contributed by atoms with Crippen molar-refractivity contribution in [1.29, 1.82) is 0 Å². The molecule has 1 atom stereocenters. The summed E-state index contributed by atoms with van der Waals surface area (Å²) in [5.74, 6) is 0.930. The molecule has 1 amide bonds. The van der Waals surface area contributed by atoms with E-state index in [0.717, 1.165) is 5.39 Å². The lowest BCUT2D eigenvalue weighted by Gasteiger charge is -2.13. The summed E-state index contributed by atoms with van der Waals surface area (Å²) in [5, 5.41) is 18.7. The van der Waals surface area contributed by atoms with Gasteiger partial charge in [-0.2, -0.15) is 0 Å². The third-order valence-corrected chi connectivity index (χ3v) is 5.16. The molecule has 4 rings (SSSR count). The summed E-state index contributed by atoms with van der Waals surface area (Å²) in [6.07, 6.45) is 4.29. The molecule has 0 radical (unpaired) electrons. The van der Waals surface area contributed by atoms with E-state index in [1.54, 1.807) is 12.1 Å². The molecule has 1 saturated carbocycles. The fraction of sp³-hybridized carbons (Fsp3) is 0.333. The van der Waals surface area contributed by atoms with Crippen LogP contribution in [0.5, 0.6) is 5.88 Å². The average molecular weight is 360 g/mol. The van der Waals surface area contributed by atoms with Gasteiger partial charge in [-0.1, -0.05) is 16.8 Å². The number of nitrogens with zero attached hydrogens (tertiary/aromatic N) is 2. The SMILES string of the molecule is CNC(=O)c1cc(-c2cc(Cl)c3c(O)n([C@@H](C)C4CC4)cc3c2)on1. The first-order chi connectivity index (χ1) is 12.0. The lowest BCUT2D eigenvalue weighted by molar-refractivity contribution is 0.0954. The largest absolute Gasteiger partial charge is 0.494 e. The number of aromatic nitrogens is 2. The Morgan fingerprint density at radius 3 is 2.88 bits per heavy atom. The van der Waals surface area contributed by atoms with Crippen molar-refractivity contribution in [3.8, 4) is 17.2 Å². The molecule has 7 heteroatoms. The molecule has 0 saturated heterocycles. The predicted octanol–water partition coefficient (Wildman–Crippen LogP) is 3.99. The lowest BCUT2D eigenvalue weighted by atomic mass is 10.1. The van der Waals surface area contributed by atoms with Crippen molar-refractivity contribution in [2.24, 2.45) is 5.92 Å². The van der Waals surface area contributed by atoms with Crippen molar-refractivity contribution in [1.82, 2.24) is 15.0 Å². The average Bonchev–Trinajstić information content (AvgIpc) is 3.23. The fourth-order valence-electron chi connectivity index (χ4n) is 3.21. The van der Waals surface area contributed by atoms with E-state index >= 15 is 0 Å². The summed E-state index contributed by atoms with van der Waals surface area (Å²) in [6.45, 7) is 2.11. The summed E-state index contributed by atoms with van der Waals surface area (Å²) in [7, 11) is 1.53. The van der Waals surface area contributed by atoms with Crippen molar-refractivity contribution in [3.05, 3.63) is 35.1 Å². The molecule has 0 aliphatic heterocycles. The van der Waals surface area contributed by atoms with E-state index in [0.29, 0.717) is 27.7 Å². The standard InChI is InChI=1S/C18H18ClN3O3/c1-9(10-3-4-10)22-8-12-5-11(6-13(19)16(12)18(22)24)15-7-14(21-25-15)17(23)20-2/h5-10,24H,3-4H2,1-2H3,(H,20,23)/t9-/m0/s1. The highest BCUT2D eigenvalue weighted by Gasteiger charge is 2.31. The molecule has 1 aliphatic carbocycles. The third-order valence-electron chi connectivity index (χ3n) is 4.86. The van der Waals surface area contributed by atoms with Gasteiger partial charge in [-0.05, 0) is 37.8 Å². The highest BCUT2D eigenvalue weighted by Crippen LogP contribution is 2.45. The van der Waals surface area contributed by atoms with Gasteiger partial charge in [-0.25, -0.2) is 0 Å². The number of carbonyl (C=O) groups excluding carboxylic acids is 1. The summed E-state index contributed by atoms with van der Waals surface area (Å²) in [4.78, 5) is 11.6. The van der Waals surface area contributed by atoms with Crippen molar-refractivity contribution in [2.75, 3.05) is 7.05 Å². The Hall–Kier alpha value is -2.47. The minimum atomic E-state index is -0.316. The van der Waals surface area contributed by atoms with Gasteiger partial charge in [0.05, 0.1) is 10.4 Å². The Labute approximate surface area is 149 Å². The molecule has 2 N–H and O–H groups in total. The summed E-state index contributed by atoms with van der Waals surface area (Å²) < 4.78 is 7.15. The van der Waals surface area contributed by atoms with Crippen LogP contribution in [0.25, 0.3) is 22.1 Å². The van der Waals surface area contributed by atoms with Crippen LogP contribution in [0, 0.1) is 5.92 Å². The third kappa shape index (κ3) is 2.66. The Bertz CT molecular complexity index is 972. The van der Waals surface area contributed by atoms with Gasteiger partial charge in [0.25, 0.3) is 5.91 Å². The molecule has 0 spiro atoms. The lowest BCUT2D eigenvalue weighted by Crippen LogP contribution is -2.17. The van der Waals surface area contributed by atoms with Crippen LogP contribution in [-0.2, 0) is 0 Å². The van der Waals surface area contributed by atoms with Crippen LogP contribution in [0.3, 0.4) is 0 Å². The van der Waals surface area contributed by atoms with Crippen LogP contribution in [0.1, 0.15) is 36.3 Å². The Morgan fingerprint density at radius 2 is 2.20 bits per heavy atom. The van der Waals surface area contributed by atoms with E-state index in [1.165, 1.54) is 19.9 Å². The number of nitrogens with one attached hydrogen (secondary N) is 1. The van der Waals surface area contributed by atoms with Gasteiger partial charge in [0.1, 0.15) is 0 Å².